The van der Waals surface area contributed by atoms with E-state index in [1.807, 2.05) is 6.07 Å². The summed E-state index contributed by atoms with van der Waals surface area (Å²) in [5.74, 6) is 2.15. The highest BCUT2D eigenvalue weighted by Crippen LogP contribution is 2.22. The molecule has 88 valence electrons. The summed E-state index contributed by atoms with van der Waals surface area (Å²) >= 11 is 0. The van der Waals surface area contributed by atoms with E-state index in [0.29, 0.717) is 11.7 Å². The number of piperidine rings is 1. The Bertz CT molecular complexity index is 337. The van der Waals surface area contributed by atoms with Crippen LogP contribution in [0.5, 0.6) is 0 Å². The van der Waals surface area contributed by atoms with E-state index in [-0.39, 0.29) is 0 Å². The van der Waals surface area contributed by atoms with Crippen LogP contribution in [0.4, 0.5) is 11.6 Å². The van der Waals surface area contributed by atoms with Crippen LogP contribution in [0.2, 0.25) is 0 Å². The molecule has 1 aromatic rings. The third-order valence-electron chi connectivity index (χ3n) is 3.01. The molecule has 0 bridgehead atoms. The van der Waals surface area contributed by atoms with Crippen LogP contribution in [0.1, 0.15) is 12.8 Å². The lowest BCUT2D eigenvalue weighted by Gasteiger charge is -2.32. The predicted octanol–water partition coefficient (Wildman–Crippen LogP) is 0.922. The molecule has 0 unspecified atom stereocenters. The number of methoxy groups -OCH3 is 1. The van der Waals surface area contributed by atoms with Crippen molar-refractivity contribution in [2.24, 2.45) is 5.92 Å². The van der Waals surface area contributed by atoms with E-state index in [1.54, 1.807) is 7.11 Å². The molecule has 0 amide bonds. The van der Waals surface area contributed by atoms with Crippen molar-refractivity contribution in [1.82, 2.24) is 9.97 Å². The minimum Gasteiger partial charge on any atom is -0.384 e. The second kappa shape index (κ2) is 5.12. The molecule has 2 N–H and O–H groups in total. The number of rotatable bonds is 3. The smallest absolute Gasteiger partial charge is 0.134 e. The van der Waals surface area contributed by atoms with Crippen LogP contribution in [0.15, 0.2) is 12.4 Å². The highest BCUT2D eigenvalue weighted by Gasteiger charge is 2.19. The first-order valence-electron chi connectivity index (χ1n) is 5.61. The van der Waals surface area contributed by atoms with Crippen LogP contribution >= 0.6 is 0 Å². The van der Waals surface area contributed by atoms with Gasteiger partial charge in [0.2, 0.25) is 0 Å². The van der Waals surface area contributed by atoms with Gasteiger partial charge in [-0.25, -0.2) is 9.97 Å². The van der Waals surface area contributed by atoms with E-state index in [4.69, 9.17) is 10.5 Å². The minimum atomic E-state index is 0.531. The van der Waals surface area contributed by atoms with Gasteiger partial charge in [-0.3, -0.25) is 0 Å². The van der Waals surface area contributed by atoms with E-state index < -0.39 is 0 Å². The van der Waals surface area contributed by atoms with E-state index >= 15 is 0 Å². The Labute approximate surface area is 95.6 Å². The van der Waals surface area contributed by atoms with Gasteiger partial charge in [-0.05, 0) is 18.8 Å². The summed E-state index contributed by atoms with van der Waals surface area (Å²) in [6.45, 7) is 2.90. The average Bonchev–Trinajstić information content (AvgIpc) is 2.30. The Balaban J connectivity index is 1.94. The molecule has 1 aliphatic heterocycles. The van der Waals surface area contributed by atoms with Crippen molar-refractivity contribution in [2.75, 3.05) is 37.4 Å². The highest BCUT2D eigenvalue weighted by molar-refractivity contribution is 5.46. The predicted molar refractivity (Wildman–Crippen MR) is 63.3 cm³/mol. The summed E-state index contributed by atoms with van der Waals surface area (Å²) in [4.78, 5) is 10.4. The van der Waals surface area contributed by atoms with E-state index in [0.717, 1.165) is 38.4 Å². The van der Waals surface area contributed by atoms with Gasteiger partial charge in [0.1, 0.15) is 18.0 Å². The molecule has 1 aromatic heterocycles. The normalized spacial score (nSPS) is 17.7. The Morgan fingerprint density at radius 2 is 2.19 bits per heavy atom. The van der Waals surface area contributed by atoms with Crippen LogP contribution in [0, 0.1) is 5.92 Å². The van der Waals surface area contributed by atoms with Crippen molar-refractivity contribution in [2.45, 2.75) is 12.8 Å². The summed E-state index contributed by atoms with van der Waals surface area (Å²) < 4.78 is 5.18. The van der Waals surface area contributed by atoms with Gasteiger partial charge in [0.15, 0.2) is 0 Å². The molecule has 0 aliphatic carbocycles. The van der Waals surface area contributed by atoms with Gasteiger partial charge in [-0.2, -0.15) is 0 Å². The molecule has 5 nitrogen and oxygen atoms in total. The topological polar surface area (TPSA) is 64.3 Å². The van der Waals surface area contributed by atoms with Crippen LogP contribution in [0.25, 0.3) is 0 Å². The van der Waals surface area contributed by atoms with Gasteiger partial charge < -0.3 is 15.4 Å². The number of hydrogen-bond acceptors (Lipinski definition) is 5. The molecule has 0 atom stereocenters. The highest BCUT2D eigenvalue weighted by atomic mass is 16.5. The monoisotopic (exact) mass is 222 g/mol. The lowest BCUT2D eigenvalue weighted by atomic mass is 9.98. The third-order valence-corrected chi connectivity index (χ3v) is 3.01. The van der Waals surface area contributed by atoms with E-state index in [9.17, 15) is 0 Å². The Hall–Kier alpha value is -1.36. The van der Waals surface area contributed by atoms with Crippen molar-refractivity contribution in [3.05, 3.63) is 12.4 Å². The molecular formula is C11H18N4O. The summed E-state index contributed by atoms with van der Waals surface area (Å²) in [5, 5.41) is 0. The van der Waals surface area contributed by atoms with Crippen LogP contribution in [-0.2, 0) is 4.74 Å². The first-order chi connectivity index (χ1) is 7.79. The molecular weight excluding hydrogens is 204 g/mol. The largest absolute Gasteiger partial charge is 0.384 e. The lowest BCUT2D eigenvalue weighted by molar-refractivity contribution is 0.139. The number of nitrogens with zero attached hydrogens (tertiary/aromatic N) is 3. The minimum absolute atomic E-state index is 0.531. The van der Waals surface area contributed by atoms with Crippen LogP contribution in [0.3, 0.4) is 0 Å². The number of hydrogen-bond donors (Lipinski definition) is 1. The van der Waals surface area contributed by atoms with Crippen molar-refractivity contribution < 1.29 is 4.74 Å². The quantitative estimate of drug-likeness (QED) is 0.824. The van der Waals surface area contributed by atoms with Crippen molar-refractivity contribution in [3.8, 4) is 0 Å². The maximum absolute atomic E-state index is 5.64. The summed E-state index contributed by atoms with van der Waals surface area (Å²) in [6.07, 6.45) is 3.82. The molecule has 5 heteroatoms. The molecule has 1 fully saturated rings. The second-order valence-electron chi connectivity index (χ2n) is 4.19. The molecule has 0 spiro atoms. The Morgan fingerprint density at radius 1 is 1.44 bits per heavy atom. The molecule has 0 saturated carbocycles. The van der Waals surface area contributed by atoms with Gasteiger partial charge in [0.25, 0.3) is 0 Å². The molecule has 1 aliphatic rings. The fraction of sp³-hybridized carbons (Fsp3) is 0.636. The van der Waals surface area contributed by atoms with Crippen molar-refractivity contribution in [1.29, 1.82) is 0 Å². The van der Waals surface area contributed by atoms with Gasteiger partial charge in [0, 0.05) is 32.9 Å². The van der Waals surface area contributed by atoms with Gasteiger partial charge in [-0.1, -0.05) is 0 Å². The van der Waals surface area contributed by atoms with E-state index in [2.05, 4.69) is 14.9 Å². The van der Waals surface area contributed by atoms with Crippen molar-refractivity contribution in [3.63, 3.8) is 0 Å². The summed E-state index contributed by atoms with van der Waals surface area (Å²) in [6, 6.07) is 1.83. The number of nitrogen functional groups attached to an aromatic ring is 1. The average molecular weight is 222 g/mol. The molecule has 2 rings (SSSR count). The Kier molecular flexibility index (Phi) is 3.56. The molecule has 0 aromatic carbocycles. The standard InChI is InChI=1S/C11H18N4O/c1-16-7-9-2-4-15(5-3-9)11-6-10(12)13-8-14-11/h6,8-9H,2-5,7H2,1H3,(H2,12,13,14). The molecule has 2 heterocycles. The number of anilines is 2. The van der Waals surface area contributed by atoms with Gasteiger partial charge >= 0.3 is 0 Å². The summed E-state index contributed by atoms with van der Waals surface area (Å²) in [5.41, 5.74) is 5.64. The molecule has 1 saturated heterocycles. The Morgan fingerprint density at radius 3 is 2.81 bits per heavy atom. The SMILES string of the molecule is COCC1CCN(c2cc(N)ncn2)CC1. The van der Waals surface area contributed by atoms with Gasteiger partial charge in [0.05, 0.1) is 0 Å². The second-order valence-corrected chi connectivity index (χ2v) is 4.19. The zero-order chi connectivity index (χ0) is 11.4. The van der Waals surface area contributed by atoms with E-state index in [1.165, 1.54) is 6.33 Å². The first kappa shape index (κ1) is 11.1. The third kappa shape index (κ3) is 2.61. The number of ether oxygens (including phenoxy) is 1. The molecule has 0 radical (unpaired) electrons. The number of nitrogens with two attached hydrogens (primary N) is 1. The zero-order valence-electron chi connectivity index (χ0n) is 9.59. The zero-order valence-corrected chi connectivity index (χ0v) is 9.59. The van der Waals surface area contributed by atoms with Crippen LogP contribution < -0.4 is 10.6 Å². The maximum atomic E-state index is 5.64. The maximum Gasteiger partial charge on any atom is 0.134 e. The number of aromatic nitrogens is 2. The fourth-order valence-corrected chi connectivity index (χ4v) is 2.10. The lowest BCUT2D eigenvalue weighted by Crippen LogP contribution is -2.35. The van der Waals surface area contributed by atoms with Crippen molar-refractivity contribution >= 4 is 11.6 Å². The fourth-order valence-electron chi connectivity index (χ4n) is 2.10. The van der Waals surface area contributed by atoms with Crippen LogP contribution in [-0.4, -0.2) is 36.8 Å². The van der Waals surface area contributed by atoms with Gasteiger partial charge in [-0.15, -0.1) is 0 Å². The first-order valence-corrected chi connectivity index (χ1v) is 5.61. The molecule has 16 heavy (non-hydrogen) atoms. The summed E-state index contributed by atoms with van der Waals surface area (Å²) in [7, 11) is 1.76.